The highest BCUT2D eigenvalue weighted by Crippen LogP contribution is 2.27. The van der Waals surface area contributed by atoms with Gasteiger partial charge < -0.3 is 15.0 Å². The number of sulfonamides is 1. The molecule has 0 aromatic heterocycles. The predicted octanol–water partition coefficient (Wildman–Crippen LogP) is 2.90. The second-order valence-electron chi connectivity index (χ2n) is 7.92. The summed E-state index contributed by atoms with van der Waals surface area (Å²) in [5.74, 6) is 0.520. The van der Waals surface area contributed by atoms with Crippen molar-refractivity contribution in [2.75, 3.05) is 40.8 Å². The van der Waals surface area contributed by atoms with Crippen LogP contribution in [0.15, 0.2) is 53.4 Å². The van der Waals surface area contributed by atoms with Crippen LogP contribution >= 0.6 is 0 Å². The van der Waals surface area contributed by atoms with Crippen LogP contribution in [0.25, 0.3) is 0 Å². The maximum absolute atomic E-state index is 12.8. The van der Waals surface area contributed by atoms with Crippen molar-refractivity contribution < 1.29 is 17.9 Å². The topological polar surface area (TPSA) is 78.9 Å². The molecule has 3 rings (SSSR count). The summed E-state index contributed by atoms with van der Waals surface area (Å²) in [5, 5.41) is 2.96. The lowest BCUT2D eigenvalue weighted by atomic mass is 10.0. The number of amides is 1. The Labute approximate surface area is 185 Å². The molecule has 1 amide bonds. The largest absolute Gasteiger partial charge is 0.496 e. The molecule has 1 heterocycles. The number of carbonyl (C=O) groups is 1. The molecule has 1 N–H and O–H groups in total. The average molecular weight is 446 g/mol. The van der Waals surface area contributed by atoms with Crippen LogP contribution in [0.4, 0.5) is 0 Å². The van der Waals surface area contributed by atoms with Crippen LogP contribution in [-0.4, -0.2) is 64.4 Å². The fourth-order valence-corrected chi connectivity index (χ4v) is 5.35. The molecule has 0 bridgehead atoms. The zero-order chi connectivity index (χ0) is 22.4. The number of nitrogens with zero attached hydrogens (tertiary/aromatic N) is 2. The summed E-state index contributed by atoms with van der Waals surface area (Å²) in [6, 6.07) is 13.8. The summed E-state index contributed by atoms with van der Waals surface area (Å²) in [4.78, 5) is 14.9. The highest BCUT2D eigenvalue weighted by molar-refractivity contribution is 7.89. The van der Waals surface area contributed by atoms with E-state index in [9.17, 15) is 13.2 Å². The van der Waals surface area contributed by atoms with E-state index in [1.54, 1.807) is 19.2 Å². The van der Waals surface area contributed by atoms with Gasteiger partial charge in [-0.2, -0.15) is 4.31 Å². The van der Waals surface area contributed by atoms with E-state index in [0.29, 0.717) is 25.2 Å². The van der Waals surface area contributed by atoms with Crippen molar-refractivity contribution in [3.63, 3.8) is 0 Å². The van der Waals surface area contributed by atoms with Crippen molar-refractivity contribution in [1.29, 1.82) is 0 Å². The van der Waals surface area contributed by atoms with Crippen molar-refractivity contribution in [3.05, 3.63) is 59.7 Å². The summed E-state index contributed by atoms with van der Waals surface area (Å²) in [7, 11) is 2.02. The zero-order valence-electron chi connectivity index (χ0n) is 18.4. The molecule has 1 fully saturated rings. The van der Waals surface area contributed by atoms with Gasteiger partial charge in [-0.05, 0) is 57.3 Å². The number of rotatable bonds is 8. The number of piperidine rings is 1. The molecule has 7 nitrogen and oxygen atoms in total. The summed E-state index contributed by atoms with van der Waals surface area (Å²) < 4.78 is 32.6. The van der Waals surface area contributed by atoms with Gasteiger partial charge >= 0.3 is 0 Å². The first kappa shape index (κ1) is 23.2. The Morgan fingerprint density at radius 2 is 1.71 bits per heavy atom. The van der Waals surface area contributed by atoms with Gasteiger partial charge in [-0.3, -0.25) is 4.79 Å². The van der Waals surface area contributed by atoms with Gasteiger partial charge in [-0.25, -0.2) is 8.42 Å². The smallest absolute Gasteiger partial charge is 0.251 e. The Balaban J connectivity index is 1.68. The van der Waals surface area contributed by atoms with Gasteiger partial charge in [-0.15, -0.1) is 0 Å². The average Bonchev–Trinajstić information content (AvgIpc) is 2.79. The molecule has 2 aromatic carbocycles. The van der Waals surface area contributed by atoms with Gasteiger partial charge in [0.2, 0.25) is 10.0 Å². The summed E-state index contributed by atoms with van der Waals surface area (Å²) in [5.41, 5.74) is 1.41. The van der Waals surface area contributed by atoms with Crippen LogP contribution in [0.5, 0.6) is 5.75 Å². The molecule has 0 unspecified atom stereocenters. The van der Waals surface area contributed by atoms with Crippen molar-refractivity contribution in [3.8, 4) is 5.75 Å². The third-order valence-electron chi connectivity index (χ3n) is 5.65. The SMILES string of the molecule is COc1ccccc1[C@@H](CNC(=O)c1ccc(S(=O)(=O)N2CCCCC2)cc1)N(C)C. The van der Waals surface area contributed by atoms with Crippen molar-refractivity contribution in [1.82, 2.24) is 14.5 Å². The molecule has 8 heteroatoms. The van der Waals surface area contributed by atoms with E-state index in [4.69, 9.17) is 4.74 Å². The minimum Gasteiger partial charge on any atom is -0.496 e. The van der Waals surface area contributed by atoms with E-state index in [-0.39, 0.29) is 16.8 Å². The van der Waals surface area contributed by atoms with E-state index >= 15 is 0 Å². The summed E-state index contributed by atoms with van der Waals surface area (Å²) in [6.45, 7) is 1.50. The third kappa shape index (κ3) is 5.44. The number of benzene rings is 2. The third-order valence-corrected chi connectivity index (χ3v) is 7.56. The predicted molar refractivity (Wildman–Crippen MR) is 121 cm³/mol. The number of likely N-dealkylation sites (N-methyl/N-ethyl adjacent to an activating group) is 1. The minimum atomic E-state index is -3.50. The van der Waals surface area contributed by atoms with E-state index in [1.165, 1.54) is 16.4 Å². The lowest BCUT2D eigenvalue weighted by molar-refractivity contribution is 0.0941. The molecule has 1 atom stereocenters. The first-order valence-electron chi connectivity index (χ1n) is 10.5. The van der Waals surface area contributed by atoms with Gasteiger partial charge in [-0.1, -0.05) is 24.6 Å². The molecular weight excluding hydrogens is 414 g/mol. The number of hydrogen-bond acceptors (Lipinski definition) is 5. The molecule has 1 saturated heterocycles. The van der Waals surface area contributed by atoms with Gasteiger partial charge in [0.15, 0.2) is 0 Å². The molecule has 1 aliphatic rings. The van der Waals surface area contributed by atoms with Gasteiger partial charge in [0.05, 0.1) is 18.0 Å². The maximum atomic E-state index is 12.8. The number of para-hydroxylation sites is 1. The second-order valence-corrected chi connectivity index (χ2v) is 9.86. The van der Waals surface area contributed by atoms with Crippen molar-refractivity contribution in [2.45, 2.75) is 30.2 Å². The summed E-state index contributed by atoms with van der Waals surface area (Å²) >= 11 is 0. The number of nitrogens with one attached hydrogen (secondary N) is 1. The zero-order valence-corrected chi connectivity index (χ0v) is 19.2. The lowest BCUT2D eigenvalue weighted by Crippen LogP contribution is -2.36. The first-order chi connectivity index (χ1) is 14.8. The van der Waals surface area contributed by atoms with Crippen LogP contribution < -0.4 is 10.1 Å². The molecule has 168 valence electrons. The summed E-state index contributed by atoms with van der Waals surface area (Å²) in [6.07, 6.45) is 2.84. The fourth-order valence-electron chi connectivity index (χ4n) is 3.84. The van der Waals surface area contributed by atoms with Crippen LogP contribution in [0.2, 0.25) is 0 Å². The second kappa shape index (κ2) is 10.3. The molecule has 0 aliphatic carbocycles. The normalized spacial score (nSPS) is 16.1. The van der Waals surface area contributed by atoms with Gasteiger partial charge in [0.25, 0.3) is 5.91 Å². The molecular formula is C23H31N3O4S. The first-order valence-corrected chi connectivity index (χ1v) is 12.0. The molecule has 0 saturated carbocycles. The molecule has 1 aliphatic heterocycles. The molecule has 31 heavy (non-hydrogen) atoms. The van der Waals surface area contributed by atoms with Crippen molar-refractivity contribution >= 4 is 15.9 Å². The van der Waals surface area contributed by atoms with Gasteiger partial charge in [0, 0.05) is 30.8 Å². The van der Waals surface area contributed by atoms with Crippen molar-refractivity contribution in [2.24, 2.45) is 0 Å². The number of ether oxygens (including phenoxy) is 1. The van der Waals surface area contributed by atoms with E-state index < -0.39 is 10.0 Å². The Hall–Kier alpha value is -2.42. The highest BCUT2D eigenvalue weighted by atomic mass is 32.2. The monoisotopic (exact) mass is 445 g/mol. The Morgan fingerprint density at radius 3 is 2.32 bits per heavy atom. The Bertz CT molecular complexity index is 984. The fraction of sp³-hybridized carbons (Fsp3) is 0.435. The standard InChI is InChI=1S/C23H31N3O4S/c1-25(2)21(20-9-5-6-10-22(20)30-3)17-24-23(27)18-11-13-19(14-12-18)31(28,29)26-15-7-4-8-16-26/h5-6,9-14,21H,4,7-8,15-17H2,1-3H3,(H,24,27)/t21-/m1/s1. The van der Waals surface area contributed by atoms with Crippen LogP contribution in [0.3, 0.4) is 0 Å². The highest BCUT2D eigenvalue weighted by Gasteiger charge is 2.26. The molecule has 0 radical (unpaired) electrons. The Kier molecular flexibility index (Phi) is 7.69. The van der Waals surface area contributed by atoms with E-state index in [1.807, 2.05) is 43.3 Å². The minimum absolute atomic E-state index is 0.0705. The maximum Gasteiger partial charge on any atom is 0.251 e. The van der Waals surface area contributed by atoms with E-state index in [0.717, 1.165) is 30.6 Å². The van der Waals surface area contributed by atoms with E-state index in [2.05, 4.69) is 5.32 Å². The lowest BCUT2D eigenvalue weighted by Gasteiger charge is -2.26. The quantitative estimate of drug-likeness (QED) is 0.676. The van der Waals surface area contributed by atoms with Gasteiger partial charge in [0.1, 0.15) is 5.75 Å². The van der Waals surface area contributed by atoms with Crippen LogP contribution in [-0.2, 0) is 10.0 Å². The van der Waals surface area contributed by atoms with Crippen LogP contribution in [0, 0.1) is 0 Å². The number of hydrogen-bond donors (Lipinski definition) is 1. The van der Waals surface area contributed by atoms with Crippen LogP contribution in [0.1, 0.15) is 41.2 Å². The molecule has 2 aromatic rings. The number of carbonyl (C=O) groups excluding carboxylic acids is 1. The molecule has 0 spiro atoms. The Morgan fingerprint density at radius 1 is 1.06 bits per heavy atom. The number of methoxy groups -OCH3 is 1.